The summed E-state index contributed by atoms with van der Waals surface area (Å²) in [6.45, 7) is 0.304. The molecule has 0 amide bonds. The monoisotopic (exact) mass is 405 g/mol. The SMILES string of the molecule is O=S(=O)(Nc1cnn(Cn2nnc3ccccc32)c1)c1cccc2cccnc12. The first-order chi connectivity index (χ1) is 14.1. The molecule has 0 radical (unpaired) electrons. The van der Waals surface area contributed by atoms with Crippen molar-refractivity contribution in [1.82, 2.24) is 29.8 Å². The van der Waals surface area contributed by atoms with E-state index in [0.29, 0.717) is 17.9 Å². The van der Waals surface area contributed by atoms with E-state index in [4.69, 9.17) is 0 Å². The van der Waals surface area contributed by atoms with Gasteiger partial charge in [0.05, 0.1) is 29.1 Å². The van der Waals surface area contributed by atoms with Crippen LogP contribution in [0.2, 0.25) is 0 Å². The Kier molecular flexibility index (Phi) is 3.98. The summed E-state index contributed by atoms with van der Waals surface area (Å²) in [5, 5.41) is 13.2. The smallest absolute Gasteiger partial charge is 0.264 e. The highest BCUT2D eigenvalue weighted by molar-refractivity contribution is 7.93. The summed E-state index contributed by atoms with van der Waals surface area (Å²) < 4.78 is 31.6. The Balaban J connectivity index is 1.42. The second kappa shape index (κ2) is 6.67. The molecule has 0 fully saturated rings. The van der Waals surface area contributed by atoms with Crippen LogP contribution in [0.5, 0.6) is 0 Å². The van der Waals surface area contributed by atoms with E-state index in [0.717, 1.165) is 16.4 Å². The van der Waals surface area contributed by atoms with Gasteiger partial charge in [-0.15, -0.1) is 5.10 Å². The summed E-state index contributed by atoms with van der Waals surface area (Å²) >= 11 is 0. The molecule has 0 saturated heterocycles. The molecule has 3 heterocycles. The van der Waals surface area contributed by atoms with Crippen molar-refractivity contribution in [2.75, 3.05) is 4.72 Å². The lowest BCUT2D eigenvalue weighted by Gasteiger charge is -2.08. The standard InChI is InChI=1S/C19H15N7O2S/c27-29(28,18-9-3-5-14-6-4-10-20-19(14)18)23-15-11-21-25(12-15)13-26-17-8-2-1-7-16(17)22-24-26/h1-12,23H,13H2. The van der Waals surface area contributed by atoms with Crippen molar-refractivity contribution in [1.29, 1.82) is 0 Å². The van der Waals surface area contributed by atoms with Gasteiger partial charge in [-0.2, -0.15) is 5.10 Å². The molecule has 10 heteroatoms. The molecule has 0 aliphatic heterocycles. The zero-order valence-corrected chi connectivity index (χ0v) is 15.9. The van der Waals surface area contributed by atoms with Gasteiger partial charge in [0.15, 0.2) is 0 Å². The zero-order chi connectivity index (χ0) is 19.8. The Morgan fingerprint density at radius 3 is 2.79 bits per heavy atom. The highest BCUT2D eigenvalue weighted by Gasteiger charge is 2.19. The van der Waals surface area contributed by atoms with Crippen molar-refractivity contribution < 1.29 is 8.42 Å². The van der Waals surface area contributed by atoms with Crippen LogP contribution < -0.4 is 4.72 Å². The van der Waals surface area contributed by atoms with Gasteiger partial charge < -0.3 is 0 Å². The van der Waals surface area contributed by atoms with Crippen molar-refractivity contribution in [2.45, 2.75) is 11.6 Å². The maximum atomic E-state index is 12.9. The number of anilines is 1. The number of aromatic nitrogens is 6. The minimum atomic E-state index is -3.82. The molecule has 5 rings (SSSR count). The molecule has 0 aliphatic rings. The lowest BCUT2D eigenvalue weighted by Crippen LogP contribution is -2.13. The molecule has 144 valence electrons. The van der Waals surface area contributed by atoms with E-state index in [-0.39, 0.29) is 4.90 Å². The van der Waals surface area contributed by atoms with Crippen LogP contribution in [0.4, 0.5) is 5.69 Å². The van der Waals surface area contributed by atoms with Crippen molar-refractivity contribution in [3.8, 4) is 0 Å². The lowest BCUT2D eigenvalue weighted by molar-refractivity contribution is 0.502. The van der Waals surface area contributed by atoms with Gasteiger partial charge in [0, 0.05) is 11.6 Å². The van der Waals surface area contributed by atoms with Gasteiger partial charge in [0.1, 0.15) is 17.1 Å². The maximum absolute atomic E-state index is 12.9. The number of rotatable bonds is 5. The van der Waals surface area contributed by atoms with E-state index in [9.17, 15) is 8.42 Å². The average molecular weight is 405 g/mol. The predicted octanol–water partition coefficient (Wildman–Crippen LogP) is 2.48. The number of nitrogens with zero attached hydrogens (tertiary/aromatic N) is 6. The number of pyridine rings is 1. The summed E-state index contributed by atoms with van der Waals surface area (Å²) in [7, 11) is -3.82. The number of para-hydroxylation sites is 2. The van der Waals surface area contributed by atoms with Gasteiger partial charge in [0.25, 0.3) is 10.0 Å². The molecule has 29 heavy (non-hydrogen) atoms. The Bertz CT molecular complexity index is 1430. The van der Waals surface area contributed by atoms with Gasteiger partial charge >= 0.3 is 0 Å². The van der Waals surface area contributed by atoms with Crippen LogP contribution in [-0.2, 0) is 16.7 Å². The highest BCUT2D eigenvalue weighted by atomic mass is 32.2. The van der Waals surface area contributed by atoms with Crippen LogP contribution in [0.3, 0.4) is 0 Å². The third-order valence-electron chi connectivity index (χ3n) is 4.47. The van der Waals surface area contributed by atoms with Crippen LogP contribution in [0.1, 0.15) is 0 Å². The summed E-state index contributed by atoms with van der Waals surface area (Å²) in [5.41, 5.74) is 2.42. The van der Waals surface area contributed by atoms with E-state index < -0.39 is 10.0 Å². The zero-order valence-electron chi connectivity index (χ0n) is 15.0. The topological polar surface area (TPSA) is 108 Å². The molecule has 0 saturated carbocycles. The van der Waals surface area contributed by atoms with E-state index in [2.05, 4.69) is 25.1 Å². The number of fused-ring (bicyclic) bond motifs is 2. The Morgan fingerprint density at radius 1 is 1.00 bits per heavy atom. The first-order valence-corrected chi connectivity index (χ1v) is 10.3. The first kappa shape index (κ1) is 17.3. The number of hydrogen-bond donors (Lipinski definition) is 1. The van der Waals surface area contributed by atoms with Gasteiger partial charge in [0.2, 0.25) is 0 Å². The summed E-state index contributed by atoms with van der Waals surface area (Å²) in [6, 6.07) is 16.2. The molecule has 2 aromatic carbocycles. The normalized spacial score (nSPS) is 11.9. The second-order valence-electron chi connectivity index (χ2n) is 6.42. The third kappa shape index (κ3) is 3.19. The summed E-state index contributed by atoms with van der Waals surface area (Å²) in [6.07, 6.45) is 4.63. The Hall–Kier alpha value is -3.79. The maximum Gasteiger partial charge on any atom is 0.264 e. The summed E-state index contributed by atoms with van der Waals surface area (Å²) in [4.78, 5) is 4.33. The molecule has 1 N–H and O–H groups in total. The average Bonchev–Trinajstić information content (AvgIpc) is 3.34. The van der Waals surface area contributed by atoms with E-state index in [1.54, 1.807) is 33.9 Å². The number of hydrogen-bond acceptors (Lipinski definition) is 6. The van der Waals surface area contributed by atoms with Crippen LogP contribution in [-0.4, -0.2) is 38.2 Å². The van der Waals surface area contributed by atoms with Crippen molar-refractivity contribution >= 4 is 37.6 Å². The van der Waals surface area contributed by atoms with Crippen molar-refractivity contribution in [2.24, 2.45) is 0 Å². The number of nitrogens with one attached hydrogen (secondary N) is 1. The molecular weight excluding hydrogens is 390 g/mol. The molecular formula is C19H15N7O2S. The Morgan fingerprint density at radius 2 is 1.86 bits per heavy atom. The van der Waals surface area contributed by atoms with Crippen LogP contribution >= 0.6 is 0 Å². The molecule has 0 unspecified atom stereocenters. The van der Waals surface area contributed by atoms with Gasteiger partial charge in [-0.25, -0.2) is 17.8 Å². The van der Waals surface area contributed by atoms with Crippen molar-refractivity contribution in [3.05, 3.63) is 73.2 Å². The fourth-order valence-corrected chi connectivity index (χ4v) is 4.36. The molecule has 5 aromatic rings. The first-order valence-electron chi connectivity index (χ1n) is 8.77. The molecule has 0 atom stereocenters. The predicted molar refractivity (Wildman–Crippen MR) is 108 cm³/mol. The third-order valence-corrected chi connectivity index (χ3v) is 5.88. The quantitative estimate of drug-likeness (QED) is 0.481. The van der Waals surface area contributed by atoms with Crippen LogP contribution in [0, 0.1) is 0 Å². The van der Waals surface area contributed by atoms with Crippen molar-refractivity contribution in [3.63, 3.8) is 0 Å². The Labute approximate surface area is 165 Å². The van der Waals surface area contributed by atoms with Crippen LogP contribution in [0.15, 0.2) is 78.1 Å². The fraction of sp³-hybridized carbons (Fsp3) is 0.0526. The second-order valence-corrected chi connectivity index (χ2v) is 8.08. The summed E-state index contributed by atoms with van der Waals surface area (Å²) in [5.74, 6) is 0. The van der Waals surface area contributed by atoms with E-state index in [1.165, 1.54) is 12.3 Å². The van der Waals surface area contributed by atoms with Crippen LogP contribution in [0.25, 0.3) is 21.9 Å². The van der Waals surface area contributed by atoms with Gasteiger partial charge in [-0.05, 0) is 24.3 Å². The molecule has 3 aromatic heterocycles. The highest BCUT2D eigenvalue weighted by Crippen LogP contribution is 2.23. The van der Waals surface area contributed by atoms with Gasteiger partial charge in [-0.1, -0.05) is 35.5 Å². The minimum absolute atomic E-state index is 0.116. The number of sulfonamides is 1. The van der Waals surface area contributed by atoms with E-state index >= 15 is 0 Å². The van der Waals surface area contributed by atoms with E-state index in [1.807, 2.05) is 36.4 Å². The molecule has 0 aliphatic carbocycles. The fourth-order valence-electron chi connectivity index (χ4n) is 3.16. The molecule has 0 spiro atoms. The minimum Gasteiger partial charge on any atom is -0.276 e. The largest absolute Gasteiger partial charge is 0.276 e. The van der Waals surface area contributed by atoms with Gasteiger partial charge in [-0.3, -0.25) is 9.71 Å². The molecule has 9 nitrogen and oxygen atoms in total. The number of benzene rings is 2. The molecule has 0 bridgehead atoms. The lowest BCUT2D eigenvalue weighted by atomic mass is 10.2.